The molecule has 2 heterocycles. The highest BCUT2D eigenvalue weighted by atomic mass is 32.2. The van der Waals surface area contributed by atoms with Crippen LogP contribution >= 0.6 is 23.1 Å². The van der Waals surface area contributed by atoms with E-state index in [1.807, 2.05) is 20.8 Å². The maximum absolute atomic E-state index is 11.7. The molecule has 0 saturated heterocycles. The van der Waals surface area contributed by atoms with Gasteiger partial charge in [0.05, 0.1) is 11.4 Å². The van der Waals surface area contributed by atoms with Crippen molar-refractivity contribution in [3.63, 3.8) is 0 Å². The molecule has 0 aliphatic heterocycles. The molecule has 0 aromatic carbocycles. The Hall–Kier alpha value is -1.41. The first-order chi connectivity index (χ1) is 10.1. The van der Waals surface area contributed by atoms with Crippen LogP contribution in [0.3, 0.4) is 0 Å². The van der Waals surface area contributed by atoms with Crippen LogP contribution in [0.1, 0.15) is 28.4 Å². The fourth-order valence-electron chi connectivity index (χ4n) is 1.95. The van der Waals surface area contributed by atoms with Crippen LogP contribution in [0.15, 0.2) is 4.34 Å². The minimum absolute atomic E-state index is 0.0356. The Morgan fingerprint density at radius 1 is 1.33 bits per heavy atom. The van der Waals surface area contributed by atoms with Crippen molar-refractivity contribution in [1.82, 2.24) is 25.7 Å². The summed E-state index contributed by atoms with van der Waals surface area (Å²) in [7, 11) is 0. The van der Waals surface area contributed by atoms with Crippen molar-refractivity contribution in [3.05, 3.63) is 22.0 Å². The minimum Gasteiger partial charge on any atom is -0.355 e. The molecule has 6 nitrogen and oxygen atoms in total. The molecule has 0 radical (unpaired) electrons. The molecule has 0 atom stereocenters. The molecule has 2 aromatic heterocycles. The molecular weight excluding hydrogens is 306 g/mol. The Balaban J connectivity index is 1.63. The molecule has 0 fully saturated rings. The number of carbonyl (C=O) groups excluding carboxylic acids is 1. The van der Waals surface area contributed by atoms with Gasteiger partial charge in [-0.3, -0.25) is 9.89 Å². The zero-order chi connectivity index (χ0) is 15.2. The summed E-state index contributed by atoms with van der Waals surface area (Å²) in [5.41, 5.74) is 3.41. The summed E-state index contributed by atoms with van der Waals surface area (Å²) in [6.07, 6.45) is 1.84. The Bertz CT molecular complexity index is 588. The van der Waals surface area contributed by atoms with E-state index in [9.17, 15) is 4.79 Å². The molecule has 0 bridgehead atoms. The summed E-state index contributed by atoms with van der Waals surface area (Å²) in [5.74, 6) is 0.423. The lowest BCUT2D eigenvalue weighted by Crippen LogP contribution is -2.26. The third-order valence-electron chi connectivity index (χ3n) is 3.04. The molecule has 0 spiro atoms. The SMILES string of the molecule is Cc1nnc(SCC(=O)NCCCc2c(C)n[nH]c2C)s1. The van der Waals surface area contributed by atoms with Crippen molar-refractivity contribution in [2.24, 2.45) is 0 Å². The lowest BCUT2D eigenvalue weighted by atomic mass is 10.1. The number of thioether (sulfide) groups is 1. The molecule has 8 heteroatoms. The van der Waals surface area contributed by atoms with E-state index in [2.05, 4.69) is 25.7 Å². The first-order valence-electron chi connectivity index (χ1n) is 6.76. The van der Waals surface area contributed by atoms with Gasteiger partial charge in [-0.15, -0.1) is 10.2 Å². The Kier molecular flexibility index (Phi) is 5.75. The van der Waals surface area contributed by atoms with E-state index in [4.69, 9.17) is 0 Å². The number of aromatic nitrogens is 4. The summed E-state index contributed by atoms with van der Waals surface area (Å²) in [4.78, 5) is 11.7. The van der Waals surface area contributed by atoms with Gasteiger partial charge in [-0.2, -0.15) is 5.10 Å². The van der Waals surface area contributed by atoms with E-state index < -0.39 is 0 Å². The molecule has 0 unspecified atom stereocenters. The zero-order valence-electron chi connectivity index (χ0n) is 12.4. The lowest BCUT2D eigenvalue weighted by Gasteiger charge is -2.04. The molecule has 2 aromatic rings. The van der Waals surface area contributed by atoms with Gasteiger partial charge >= 0.3 is 0 Å². The van der Waals surface area contributed by atoms with E-state index in [1.165, 1.54) is 28.7 Å². The summed E-state index contributed by atoms with van der Waals surface area (Å²) in [6.45, 7) is 6.60. The monoisotopic (exact) mass is 325 g/mol. The van der Waals surface area contributed by atoms with Crippen LogP contribution in [-0.2, 0) is 11.2 Å². The normalized spacial score (nSPS) is 10.8. The van der Waals surface area contributed by atoms with E-state index >= 15 is 0 Å². The minimum atomic E-state index is 0.0356. The van der Waals surface area contributed by atoms with Crippen molar-refractivity contribution in [2.45, 2.75) is 38.0 Å². The smallest absolute Gasteiger partial charge is 0.230 e. The number of hydrogen-bond donors (Lipinski definition) is 2. The lowest BCUT2D eigenvalue weighted by molar-refractivity contribution is -0.118. The van der Waals surface area contributed by atoms with Crippen molar-refractivity contribution in [2.75, 3.05) is 12.3 Å². The van der Waals surface area contributed by atoms with Gasteiger partial charge in [0.25, 0.3) is 0 Å². The number of hydrogen-bond acceptors (Lipinski definition) is 6. The predicted octanol–water partition coefficient (Wildman–Crippen LogP) is 2.03. The molecule has 114 valence electrons. The summed E-state index contributed by atoms with van der Waals surface area (Å²) in [6, 6.07) is 0. The van der Waals surface area contributed by atoms with Gasteiger partial charge in [0.2, 0.25) is 5.91 Å². The van der Waals surface area contributed by atoms with Crippen LogP contribution in [0.5, 0.6) is 0 Å². The van der Waals surface area contributed by atoms with Gasteiger partial charge in [-0.1, -0.05) is 23.1 Å². The third-order valence-corrected chi connectivity index (χ3v) is 5.01. The summed E-state index contributed by atoms with van der Waals surface area (Å²) < 4.78 is 0.840. The van der Waals surface area contributed by atoms with Gasteiger partial charge in [0.15, 0.2) is 4.34 Å². The van der Waals surface area contributed by atoms with Gasteiger partial charge in [-0.05, 0) is 39.2 Å². The third kappa shape index (κ3) is 4.82. The average molecular weight is 325 g/mol. The Morgan fingerprint density at radius 3 is 2.76 bits per heavy atom. The van der Waals surface area contributed by atoms with Crippen LogP contribution < -0.4 is 5.32 Å². The second-order valence-corrected chi connectivity index (χ2v) is 7.15. The maximum atomic E-state index is 11.7. The first-order valence-corrected chi connectivity index (χ1v) is 8.56. The second-order valence-electron chi connectivity index (χ2n) is 4.74. The van der Waals surface area contributed by atoms with Crippen molar-refractivity contribution < 1.29 is 4.79 Å². The highest BCUT2D eigenvalue weighted by Crippen LogP contribution is 2.21. The number of amides is 1. The largest absolute Gasteiger partial charge is 0.355 e. The van der Waals surface area contributed by atoms with E-state index in [0.717, 1.165) is 33.6 Å². The van der Waals surface area contributed by atoms with Gasteiger partial charge in [-0.25, -0.2) is 0 Å². The molecule has 2 N–H and O–H groups in total. The number of H-pyrrole nitrogens is 1. The average Bonchev–Trinajstić information content (AvgIpc) is 3.00. The molecule has 0 aliphatic carbocycles. The van der Waals surface area contributed by atoms with E-state index in [1.54, 1.807) is 0 Å². The fraction of sp³-hybridized carbons (Fsp3) is 0.538. The van der Waals surface area contributed by atoms with E-state index in [-0.39, 0.29) is 5.91 Å². The summed E-state index contributed by atoms with van der Waals surface area (Å²) >= 11 is 2.94. The van der Waals surface area contributed by atoms with Crippen molar-refractivity contribution in [3.8, 4) is 0 Å². The van der Waals surface area contributed by atoms with Crippen LogP contribution in [0.2, 0.25) is 0 Å². The molecule has 0 saturated carbocycles. The highest BCUT2D eigenvalue weighted by molar-refractivity contribution is 8.01. The fourth-order valence-corrected chi connectivity index (χ4v) is 3.60. The number of nitrogens with one attached hydrogen (secondary N) is 2. The number of rotatable bonds is 7. The van der Waals surface area contributed by atoms with E-state index in [0.29, 0.717) is 12.3 Å². The Labute approximate surface area is 132 Å². The molecule has 1 amide bonds. The van der Waals surface area contributed by atoms with Crippen LogP contribution in [-0.4, -0.2) is 38.6 Å². The van der Waals surface area contributed by atoms with Crippen LogP contribution in [0.4, 0.5) is 0 Å². The molecule has 0 aliphatic rings. The topological polar surface area (TPSA) is 83.6 Å². The maximum Gasteiger partial charge on any atom is 0.230 e. The van der Waals surface area contributed by atoms with Crippen molar-refractivity contribution >= 4 is 29.0 Å². The Morgan fingerprint density at radius 2 is 2.14 bits per heavy atom. The standard InChI is InChI=1S/C13H19N5OS2/c1-8-11(9(2)16-15-8)5-4-6-14-12(19)7-20-13-18-17-10(3)21-13/h4-7H2,1-3H3,(H,14,19)(H,15,16). The quantitative estimate of drug-likeness (QED) is 0.601. The second kappa shape index (κ2) is 7.56. The van der Waals surface area contributed by atoms with Gasteiger partial charge in [0, 0.05) is 12.2 Å². The predicted molar refractivity (Wildman–Crippen MR) is 84.8 cm³/mol. The van der Waals surface area contributed by atoms with Crippen molar-refractivity contribution in [1.29, 1.82) is 0 Å². The number of carbonyl (C=O) groups is 1. The highest BCUT2D eigenvalue weighted by Gasteiger charge is 2.08. The number of aryl methyl sites for hydroxylation is 3. The molecular formula is C13H19N5OS2. The first kappa shape index (κ1) is 16.0. The number of aromatic amines is 1. The zero-order valence-corrected chi connectivity index (χ0v) is 14.0. The molecule has 2 rings (SSSR count). The summed E-state index contributed by atoms with van der Waals surface area (Å²) in [5, 5.41) is 18.9. The van der Waals surface area contributed by atoms with Crippen LogP contribution in [0, 0.1) is 20.8 Å². The van der Waals surface area contributed by atoms with Gasteiger partial charge < -0.3 is 5.32 Å². The van der Waals surface area contributed by atoms with Gasteiger partial charge in [0.1, 0.15) is 5.01 Å². The van der Waals surface area contributed by atoms with Crippen LogP contribution in [0.25, 0.3) is 0 Å². The molecule has 21 heavy (non-hydrogen) atoms. The number of nitrogens with zero attached hydrogens (tertiary/aromatic N) is 3.